The number of piperidine rings is 1. The molecule has 43 heavy (non-hydrogen) atoms. The van der Waals surface area contributed by atoms with Gasteiger partial charge in [-0.1, -0.05) is 0 Å². The molecule has 12 heteroatoms. The summed E-state index contributed by atoms with van der Waals surface area (Å²) in [7, 11) is 1.55. The lowest BCUT2D eigenvalue weighted by atomic mass is 9.91. The highest BCUT2D eigenvalue weighted by Gasteiger charge is 2.36. The predicted octanol–water partition coefficient (Wildman–Crippen LogP) is 2.06. The van der Waals surface area contributed by atoms with Crippen molar-refractivity contribution in [1.82, 2.24) is 34.7 Å². The van der Waals surface area contributed by atoms with E-state index in [1.54, 1.807) is 36.2 Å². The smallest absolute Gasteiger partial charge is 0.255 e. The third-order valence-corrected chi connectivity index (χ3v) is 8.52. The number of carbonyl (C=O) groups is 1. The highest BCUT2D eigenvalue weighted by molar-refractivity contribution is 5.94. The van der Waals surface area contributed by atoms with Crippen LogP contribution in [0.4, 0.5) is 5.82 Å². The highest BCUT2D eigenvalue weighted by atomic mass is 16.5. The van der Waals surface area contributed by atoms with Crippen LogP contribution in [0.3, 0.4) is 0 Å². The second-order valence-electron chi connectivity index (χ2n) is 11.2. The van der Waals surface area contributed by atoms with E-state index in [0.717, 1.165) is 42.1 Å². The number of ether oxygens (including phenoxy) is 2. The molecule has 4 saturated heterocycles. The van der Waals surface area contributed by atoms with E-state index in [-0.39, 0.29) is 5.91 Å². The third-order valence-electron chi connectivity index (χ3n) is 8.52. The average molecular weight is 580 g/mol. The number of carbonyl (C=O) groups excluding carboxylic acids is 1. The molecule has 4 aliphatic heterocycles. The molecule has 4 aromatic heterocycles. The number of amides is 1. The lowest BCUT2D eigenvalue weighted by Crippen LogP contribution is -2.67. The van der Waals surface area contributed by atoms with Crippen molar-refractivity contribution < 1.29 is 14.3 Å². The quantitative estimate of drug-likeness (QED) is 0.332. The summed E-state index contributed by atoms with van der Waals surface area (Å²) in [5, 5.41) is 17.7. The maximum absolute atomic E-state index is 12.9. The fourth-order valence-corrected chi connectivity index (χ4v) is 6.24. The minimum absolute atomic E-state index is 0.0390. The monoisotopic (exact) mass is 579 g/mol. The van der Waals surface area contributed by atoms with Crippen molar-refractivity contribution in [3.8, 4) is 28.8 Å². The Morgan fingerprint density at radius 1 is 1.07 bits per heavy atom. The van der Waals surface area contributed by atoms with Gasteiger partial charge in [-0.05, 0) is 30.7 Å². The van der Waals surface area contributed by atoms with Crippen molar-refractivity contribution in [1.29, 1.82) is 5.26 Å². The van der Waals surface area contributed by atoms with E-state index in [2.05, 4.69) is 31.3 Å². The number of hydrogen-bond acceptors (Lipinski definition) is 10. The summed E-state index contributed by atoms with van der Waals surface area (Å²) in [6.45, 7) is 6.11. The highest BCUT2D eigenvalue weighted by Crippen LogP contribution is 2.31. The van der Waals surface area contributed by atoms with Crippen LogP contribution in [-0.2, 0) is 0 Å². The topological polar surface area (TPSA) is 124 Å². The van der Waals surface area contributed by atoms with Crippen molar-refractivity contribution in [2.24, 2.45) is 0 Å². The van der Waals surface area contributed by atoms with Crippen LogP contribution in [0.5, 0.6) is 11.6 Å². The Morgan fingerprint density at radius 3 is 2.56 bits per heavy atom. The average Bonchev–Trinajstić information content (AvgIpc) is 3.47. The molecule has 2 unspecified atom stereocenters. The Hall–Kier alpha value is -4.73. The molecule has 4 aliphatic rings. The number of nitriles is 1. The first-order chi connectivity index (χ1) is 21.1. The number of aromatic nitrogens is 4. The molecule has 8 rings (SSSR count). The van der Waals surface area contributed by atoms with Crippen molar-refractivity contribution >= 4 is 17.2 Å². The van der Waals surface area contributed by atoms with Gasteiger partial charge in [-0.2, -0.15) is 10.4 Å². The lowest BCUT2D eigenvalue weighted by molar-refractivity contribution is 0.0673. The number of rotatable bonds is 8. The molecule has 0 radical (unpaired) electrons. The first-order valence-corrected chi connectivity index (χ1v) is 14.6. The van der Waals surface area contributed by atoms with E-state index in [9.17, 15) is 10.1 Å². The Labute approximate surface area is 249 Å². The van der Waals surface area contributed by atoms with Gasteiger partial charge in [0.1, 0.15) is 24.2 Å². The summed E-state index contributed by atoms with van der Waals surface area (Å²) in [6.07, 6.45) is 8.08. The predicted molar refractivity (Wildman–Crippen MR) is 159 cm³/mol. The van der Waals surface area contributed by atoms with E-state index in [1.165, 1.54) is 6.42 Å². The molecule has 1 amide bonds. The summed E-state index contributed by atoms with van der Waals surface area (Å²) in [4.78, 5) is 28.3. The molecule has 4 fully saturated rings. The number of anilines is 1. The van der Waals surface area contributed by atoms with Gasteiger partial charge in [0.2, 0.25) is 5.88 Å². The lowest BCUT2D eigenvalue weighted by Gasteiger charge is -2.48. The van der Waals surface area contributed by atoms with Gasteiger partial charge in [-0.25, -0.2) is 14.5 Å². The Bertz CT molecular complexity index is 1640. The molecule has 0 saturated carbocycles. The van der Waals surface area contributed by atoms with E-state index in [4.69, 9.17) is 14.5 Å². The van der Waals surface area contributed by atoms with Crippen LogP contribution in [0.25, 0.3) is 16.6 Å². The first-order valence-electron chi connectivity index (χ1n) is 14.6. The molecule has 2 bridgehead atoms. The van der Waals surface area contributed by atoms with E-state index in [0.29, 0.717) is 67.6 Å². The van der Waals surface area contributed by atoms with Crippen LogP contribution >= 0.6 is 0 Å². The fraction of sp³-hybridized carbons (Fsp3) is 0.387. The molecule has 1 N–H and O–H groups in total. The van der Waals surface area contributed by atoms with Gasteiger partial charge in [-0.3, -0.25) is 9.69 Å². The Kier molecular flexibility index (Phi) is 7.26. The zero-order valence-electron chi connectivity index (χ0n) is 24.0. The molecule has 8 heterocycles. The van der Waals surface area contributed by atoms with Crippen molar-refractivity contribution in [2.45, 2.75) is 18.5 Å². The number of piperazine rings is 2. The summed E-state index contributed by atoms with van der Waals surface area (Å²) in [6, 6.07) is 12.9. The standard InChI is InChI=1S/C31H33N9O3/c1-42-29-5-3-22(16-34-29)31(41)39-8-6-38(7-9-39)28-4-2-21(15-33-28)27-13-26(20-40-30(27)23(14-32)17-35-40)43-11-10-37-18-24-12-25(19-37)36-24/h2-5,13,15-17,20,24-25,36H,6-12,18-19H2,1H3. The molecular weight excluding hydrogens is 546 g/mol. The number of fused-ring (bicyclic) bond motifs is 3. The fourth-order valence-electron chi connectivity index (χ4n) is 6.24. The van der Waals surface area contributed by atoms with E-state index >= 15 is 0 Å². The number of nitrogens with zero attached hydrogens (tertiary/aromatic N) is 8. The van der Waals surface area contributed by atoms with Gasteiger partial charge in [0.05, 0.1) is 36.1 Å². The Balaban J connectivity index is 1.03. The van der Waals surface area contributed by atoms with Crippen LogP contribution in [-0.4, -0.2) is 107 Å². The summed E-state index contributed by atoms with van der Waals surface area (Å²) in [5.41, 5.74) is 3.49. The molecule has 0 aromatic carbocycles. The molecule has 0 aliphatic carbocycles. The van der Waals surface area contributed by atoms with Crippen LogP contribution in [0.2, 0.25) is 0 Å². The van der Waals surface area contributed by atoms with E-state index in [1.807, 2.05) is 35.5 Å². The number of methoxy groups -OCH3 is 1. The van der Waals surface area contributed by atoms with Gasteiger partial charge in [-0.15, -0.1) is 0 Å². The number of pyridine rings is 3. The summed E-state index contributed by atoms with van der Waals surface area (Å²) >= 11 is 0. The third kappa shape index (κ3) is 5.45. The normalized spacial score (nSPS) is 20.0. The molecule has 4 aromatic rings. The maximum Gasteiger partial charge on any atom is 0.255 e. The first kappa shape index (κ1) is 27.1. The zero-order valence-corrected chi connectivity index (χ0v) is 24.0. The van der Waals surface area contributed by atoms with Crippen molar-refractivity contribution in [2.75, 3.05) is 64.4 Å². The maximum atomic E-state index is 12.9. The van der Waals surface area contributed by atoms with Gasteiger partial charge >= 0.3 is 0 Å². The zero-order chi connectivity index (χ0) is 29.3. The van der Waals surface area contributed by atoms with Gasteiger partial charge in [0.25, 0.3) is 5.91 Å². The van der Waals surface area contributed by atoms with Gasteiger partial charge < -0.3 is 24.6 Å². The van der Waals surface area contributed by atoms with Crippen molar-refractivity contribution in [3.05, 3.63) is 66.2 Å². The van der Waals surface area contributed by atoms with Crippen LogP contribution in [0, 0.1) is 11.3 Å². The van der Waals surface area contributed by atoms with Gasteiger partial charge in [0.15, 0.2) is 0 Å². The SMILES string of the molecule is COc1ccc(C(=O)N2CCN(c3ccc(-c4cc(OCCN5CC6CC(C5)N6)cn5ncc(C#N)c45)cn3)CC2)cn1. The molecule has 2 atom stereocenters. The number of nitrogens with one attached hydrogen (secondary N) is 1. The second-order valence-corrected chi connectivity index (χ2v) is 11.2. The summed E-state index contributed by atoms with van der Waals surface area (Å²) in [5.74, 6) is 1.98. The second kappa shape index (κ2) is 11.5. The molecule has 0 spiro atoms. The molecule has 12 nitrogen and oxygen atoms in total. The largest absolute Gasteiger partial charge is 0.491 e. The van der Waals surface area contributed by atoms with Crippen LogP contribution in [0.15, 0.2) is 55.1 Å². The number of hydrogen-bond donors (Lipinski definition) is 1. The molecular formula is C31H33N9O3. The molecule has 220 valence electrons. The van der Waals surface area contributed by atoms with Gasteiger partial charge in [0, 0.05) is 87.5 Å². The van der Waals surface area contributed by atoms with Crippen molar-refractivity contribution in [3.63, 3.8) is 0 Å². The minimum atomic E-state index is -0.0390. The summed E-state index contributed by atoms with van der Waals surface area (Å²) < 4.78 is 13.0. The van der Waals surface area contributed by atoms with Crippen LogP contribution < -0.4 is 19.7 Å². The van der Waals surface area contributed by atoms with Crippen LogP contribution in [0.1, 0.15) is 22.3 Å². The Morgan fingerprint density at radius 2 is 1.88 bits per heavy atom. The minimum Gasteiger partial charge on any atom is -0.491 e. The van der Waals surface area contributed by atoms with E-state index < -0.39 is 0 Å².